The summed E-state index contributed by atoms with van der Waals surface area (Å²) in [5, 5.41) is 3.05. The smallest absolute Gasteiger partial charge is 0.238 e. The number of ether oxygens (including phenoxy) is 1. The molecule has 6 nitrogen and oxygen atoms in total. The van der Waals surface area contributed by atoms with Crippen LogP contribution in [0.5, 0.6) is 5.75 Å². The lowest BCUT2D eigenvalue weighted by Gasteiger charge is -2.39. The number of amides is 1. The maximum absolute atomic E-state index is 14.5. The monoisotopic (exact) mass is 492 g/mol. The summed E-state index contributed by atoms with van der Waals surface area (Å²) in [4.78, 5) is 44.2. The van der Waals surface area contributed by atoms with Gasteiger partial charge in [-0.25, -0.2) is 0 Å². The molecule has 3 heterocycles. The van der Waals surface area contributed by atoms with Crippen molar-refractivity contribution < 1.29 is 19.1 Å². The standard InChI is InChI=1S/C31H28N2O4/c1-17-12-13-25-22(14-17)18(2)15-26-31(23-10-5-6-11-24(23)32-30(31)36)27(28(19(3)34)33(25)26)29(35)20-8-7-9-21(16-20)37-4/h5-16,26-28H,1-4H3,(H,32,36)/t26-,27+,28-,31-/m1/s1. The Labute approximate surface area is 215 Å². The minimum absolute atomic E-state index is 0.153. The van der Waals surface area contributed by atoms with E-state index >= 15 is 0 Å². The number of nitrogens with zero attached hydrogens (tertiary/aromatic N) is 1. The number of ketones is 2. The quantitative estimate of drug-likeness (QED) is 0.522. The number of Topliss-reactive ketones (excluding diaryl/α,β-unsaturated/α-hetero) is 2. The Morgan fingerprint density at radius 3 is 2.54 bits per heavy atom. The topological polar surface area (TPSA) is 75.7 Å². The van der Waals surface area contributed by atoms with Gasteiger partial charge in [-0.05, 0) is 62.2 Å². The van der Waals surface area contributed by atoms with Gasteiger partial charge in [0, 0.05) is 22.5 Å². The first-order valence-corrected chi connectivity index (χ1v) is 12.5. The van der Waals surface area contributed by atoms with Crippen molar-refractivity contribution in [2.45, 2.75) is 38.3 Å². The summed E-state index contributed by atoms with van der Waals surface area (Å²) in [6, 6.07) is 19.2. The highest BCUT2D eigenvalue weighted by Gasteiger charge is 2.70. The number of fused-ring (bicyclic) bond motifs is 6. The van der Waals surface area contributed by atoms with E-state index in [-0.39, 0.29) is 17.5 Å². The second-order valence-corrected chi connectivity index (χ2v) is 10.2. The molecule has 1 saturated heterocycles. The van der Waals surface area contributed by atoms with Crippen LogP contribution in [0.4, 0.5) is 11.4 Å². The minimum Gasteiger partial charge on any atom is -0.497 e. The summed E-state index contributed by atoms with van der Waals surface area (Å²) in [5.74, 6) is -1.06. The molecule has 0 bridgehead atoms. The van der Waals surface area contributed by atoms with Crippen LogP contribution in [0.15, 0.2) is 72.8 Å². The van der Waals surface area contributed by atoms with Crippen molar-refractivity contribution >= 4 is 34.4 Å². The molecule has 37 heavy (non-hydrogen) atoms. The molecule has 0 saturated carbocycles. The van der Waals surface area contributed by atoms with Crippen molar-refractivity contribution in [3.05, 3.63) is 95.1 Å². The van der Waals surface area contributed by atoms with Crippen LogP contribution in [0.1, 0.15) is 40.9 Å². The molecule has 3 aromatic rings. The van der Waals surface area contributed by atoms with Crippen LogP contribution in [0, 0.1) is 12.8 Å². The first kappa shape index (κ1) is 23.2. The van der Waals surface area contributed by atoms with Crippen LogP contribution in [-0.2, 0) is 15.0 Å². The van der Waals surface area contributed by atoms with Gasteiger partial charge in [0.1, 0.15) is 11.2 Å². The van der Waals surface area contributed by atoms with Gasteiger partial charge < -0.3 is 15.0 Å². The molecule has 3 aromatic carbocycles. The molecule has 0 aromatic heterocycles. The number of hydrogen-bond acceptors (Lipinski definition) is 5. The van der Waals surface area contributed by atoms with E-state index in [0.717, 1.165) is 28.0 Å². The Morgan fingerprint density at radius 1 is 1.00 bits per heavy atom. The highest BCUT2D eigenvalue weighted by molar-refractivity contribution is 6.16. The third kappa shape index (κ3) is 3.08. The number of anilines is 2. The Bertz CT molecular complexity index is 1520. The molecule has 1 N–H and O–H groups in total. The number of para-hydroxylation sites is 1. The highest BCUT2D eigenvalue weighted by atomic mass is 16.5. The van der Waals surface area contributed by atoms with E-state index < -0.39 is 23.4 Å². The molecule has 6 heteroatoms. The fourth-order valence-electron chi connectivity index (χ4n) is 6.65. The number of methoxy groups -OCH3 is 1. The molecule has 6 rings (SSSR count). The second-order valence-electron chi connectivity index (χ2n) is 10.2. The predicted molar refractivity (Wildman–Crippen MR) is 143 cm³/mol. The average molecular weight is 493 g/mol. The van der Waals surface area contributed by atoms with Crippen LogP contribution in [0.25, 0.3) is 5.57 Å². The van der Waals surface area contributed by atoms with Gasteiger partial charge in [0.2, 0.25) is 5.91 Å². The van der Waals surface area contributed by atoms with Gasteiger partial charge in [0.25, 0.3) is 0 Å². The summed E-state index contributed by atoms with van der Waals surface area (Å²) < 4.78 is 5.38. The second kappa shape index (κ2) is 8.17. The summed E-state index contributed by atoms with van der Waals surface area (Å²) in [7, 11) is 1.55. The normalized spacial score (nSPS) is 25.2. The molecule has 4 atom stereocenters. The van der Waals surface area contributed by atoms with Crippen molar-refractivity contribution in [1.82, 2.24) is 0 Å². The Morgan fingerprint density at radius 2 is 1.78 bits per heavy atom. The molecule has 1 amide bonds. The van der Waals surface area contributed by atoms with E-state index in [1.165, 1.54) is 6.92 Å². The zero-order chi connectivity index (χ0) is 26.1. The Balaban J connectivity index is 1.67. The third-order valence-corrected chi connectivity index (χ3v) is 8.19. The number of aryl methyl sites for hydroxylation is 1. The van der Waals surface area contributed by atoms with Crippen LogP contribution in [0.3, 0.4) is 0 Å². The van der Waals surface area contributed by atoms with Gasteiger partial charge in [-0.15, -0.1) is 0 Å². The number of hydrogen-bond donors (Lipinski definition) is 1. The average Bonchev–Trinajstić information content (AvgIpc) is 3.36. The van der Waals surface area contributed by atoms with Crippen molar-refractivity contribution in [1.29, 1.82) is 0 Å². The van der Waals surface area contributed by atoms with Gasteiger partial charge in [-0.2, -0.15) is 0 Å². The number of carbonyl (C=O) groups is 3. The molecule has 3 aliphatic heterocycles. The molecule has 0 aliphatic carbocycles. The molecule has 0 radical (unpaired) electrons. The van der Waals surface area contributed by atoms with Gasteiger partial charge in [0.15, 0.2) is 11.6 Å². The lowest BCUT2D eigenvalue weighted by atomic mass is 9.64. The molecule has 0 unspecified atom stereocenters. The SMILES string of the molecule is COc1cccc(C(=O)[C@@H]2[C@@H](C(C)=O)N3c4ccc(C)cc4C(C)=C[C@@H]3[C@@]23C(=O)Nc2ccccc23)c1. The van der Waals surface area contributed by atoms with E-state index in [2.05, 4.69) is 17.5 Å². The molecule has 186 valence electrons. The maximum atomic E-state index is 14.5. The van der Waals surface area contributed by atoms with Gasteiger partial charge in [-0.1, -0.05) is 48.0 Å². The maximum Gasteiger partial charge on any atom is 0.238 e. The zero-order valence-corrected chi connectivity index (χ0v) is 21.2. The van der Waals surface area contributed by atoms with Gasteiger partial charge in [-0.3, -0.25) is 14.4 Å². The van der Waals surface area contributed by atoms with Crippen molar-refractivity contribution in [3.63, 3.8) is 0 Å². The van der Waals surface area contributed by atoms with Crippen LogP contribution < -0.4 is 15.0 Å². The molecule has 1 spiro atoms. The minimum atomic E-state index is -1.28. The van der Waals surface area contributed by atoms with Crippen LogP contribution >= 0.6 is 0 Å². The summed E-state index contributed by atoms with van der Waals surface area (Å²) in [5.41, 5.74) is 4.57. The largest absolute Gasteiger partial charge is 0.497 e. The number of rotatable bonds is 4. The van der Waals surface area contributed by atoms with Gasteiger partial charge >= 0.3 is 0 Å². The third-order valence-electron chi connectivity index (χ3n) is 8.19. The van der Waals surface area contributed by atoms with Gasteiger partial charge in [0.05, 0.1) is 25.1 Å². The fraction of sp³-hybridized carbons (Fsp3) is 0.258. The van der Waals surface area contributed by atoms with E-state index in [1.807, 2.05) is 55.1 Å². The van der Waals surface area contributed by atoms with E-state index in [4.69, 9.17) is 4.74 Å². The Kier molecular flexibility index (Phi) is 5.13. The summed E-state index contributed by atoms with van der Waals surface area (Å²) in [6.45, 7) is 5.58. The van der Waals surface area contributed by atoms with Crippen molar-refractivity contribution in [3.8, 4) is 5.75 Å². The summed E-state index contributed by atoms with van der Waals surface area (Å²) >= 11 is 0. The molecule has 3 aliphatic rings. The van der Waals surface area contributed by atoms with E-state index in [1.54, 1.807) is 31.4 Å². The van der Waals surface area contributed by atoms with Crippen LogP contribution in [-0.4, -0.2) is 36.7 Å². The fourth-order valence-corrected chi connectivity index (χ4v) is 6.65. The number of allylic oxidation sites excluding steroid dienone is 1. The summed E-state index contributed by atoms with van der Waals surface area (Å²) in [6.07, 6.45) is 2.07. The lowest BCUT2D eigenvalue weighted by Crippen LogP contribution is -2.51. The molecule has 1 fully saturated rings. The first-order valence-electron chi connectivity index (χ1n) is 12.5. The first-order chi connectivity index (χ1) is 17.8. The van der Waals surface area contributed by atoms with Crippen molar-refractivity contribution in [2.75, 3.05) is 17.3 Å². The highest BCUT2D eigenvalue weighted by Crippen LogP contribution is 2.58. The number of nitrogens with one attached hydrogen (secondary N) is 1. The predicted octanol–water partition coefficient (Wildman–Crippen LogP) is 4.96. The number of carbonyl (C=O) groups excluding carboxylic acids is 3. The van der Waals surface area contributed by atoms with Crippen LogP contribution in [0.2, 0.25) is 0 Å². The molecular formula is C31H28N2O4. The van der Waals surface area contributed by atoms with E-state index in [9.17, 15) is 14.4 Å². The van der Waals surface area contributed by atoms with E-state index in [0.29, 0.717) is 17.0 Å². The Hall–Kier alpha value is -4.19. The molecular weight excluding hydrogens is 464 g/mol. The van der Waals surface area contributed by atoms with Crippen molar-refractivity contribution in [2.24, 2.45) is 5.92 Å². The lowest BCUT2D eigenvalue weighted by molar-refractivity contribution is -0.122. The zero-order valence-electron chi connectivity index (χ0n) is 21.2. The number of benzene rings is 3.